The first kappa shape index (κ1) is 17.6. The van der Waals surface area contributed by atoms with Crippen molar-refractivity contribution in [1.29, 1.82) is 0 Å². The molecule has 0 spiro atoms. The molecule has 1 aromatic heterocycles. The van der Waals surface area contributed by atoms with Crippen LogP contribution in [0.1, 0.15) is 24.1 Å². The predicted molar refractivity (Wildman–Crippen MR) is 98.0 cm³/mol. The molecule has 4 heterocycles. The van der Waals surface area contributed by atoms with Gasteiger partial charge < -0.3 is 10.2 Å². The number of hydrogen-bond donors (Lipinski definition) is 1. The van der Waals surface area contributed by atoms with Crippen molar-refractivity contribution >= 4 is 28.3 Å². The maximum Gasteiger partial charge on any atom is 0.264 e. The zero-order chi connectivity index (χ0) is 17.8. The van der Waals surface area contributed by atoms with E-state index in [9.17, 15) is 9.59 Å². The molecule has 7 heteroatoms. The second-order valence-corrected chi connectivity index (χ2v) is 7.69. The zero-order valence-corrected chi connectivity index (χ0v) is 15.1. The number of hydrogen-bond acceptors (Lipinski definition) is 5. The Morgan fingerprint density at radius 3 is 2.84 bits per heavy atom. The van der Waals surface area contributed by atoms with Gasteiger partial charge in [0.15, 0.2) is 0 Å². The quantitative estimate of drug-likeness (QED) is 0.493. The van der Waals surface area contributed by atoms with Gasteiger partial charge in [0.2, 0.25) is 11.0 Å². The Bertz CT molecular complexity index is 713. The van der Waals surface area contributed by atoms with E-state index in [0.29, 0.717) is 11.0 Å². The van der Waals surface area contributed by atoms with Crippen molar-refractivity contribution in [3.05, 3.63) is 23.2 Å². The van der Waals surface area contributed by atoms with E-state index in [1.54, 1.807) is 12.3 Å². The smallest absolute Gasteiger partial charge is 0.264 e. The molecule has 3 saturated heterocycles. The first-order valence-electron chi connectivity index (χ1n) is 8.48. The summed E-state index contributed by atoms with van der Waals surface area (Å²) in [7, 11) is 0. The molecular formula is C18H22N4O2S. The molecule has 0 radical (unpaired) electrons. The summed E-state index contributed by atoms with van der Waals surface area (Å²) < 4.78 is 0. The summed E-state index contributed by atoms with van der Waals surface area (Å²) in [6.07, 6.45) is 12.5. The average Bonchev–Trinajstić information content (AvgIpc) is 3.02. The number of amides is 2. The fourth-order valence-corrected chi connectivity index (χ4v) is 4.13. The molecule has 2 amide bonds. The van der Waals surface area contributed by atoms with Crippen LogP contribution >= 0.6 is 11.3 Å². The number of aromatic nitrogens is 1. The largest absolute Gasteiger partial charge is 0.352 e. The van der Waals surface area contributed by atoms with Gasteiger partial charge in [-0.05, 0) is 38.8 Å². The van der Waals surface area contributed by atoms with Gasteiger partial charge in [0.1, 0.15) is 0 Å². The minimum absolute atomic E-state index is 0.0554. The monoisotopic (exact) mass is 358 g/mol. The van der Waals surface area contributed by atoms with Crippen molar-refractivity contribution in [2.75, 3.05) is 24.5 Å². The SMILES string of the molecule is C#CN(C(=O)/C=C\CC(=O)N[C@H]1CN2CCC1CC2)c1ncc(C)s1. The number of fused-ring (bicyclic) bond motifs is 3. The standard InChI is InChI=1S/C18H22N4O2S/c1-3-22(18-19-11-13(2)25-18)17(24)6-4-5-16(23)20-15-12-21-9-7-14(15)8-10-21/h1,4,6,11,14-15H,5,7-10,12H2,2H3,(H,20,23)/b6-4-/t15-/m0/s1. The summed E-state index contributed by atoms with van der Waals surface area (Å²) in [6, 6.07) is 2.56. The molecule has 4 rings (SSSR count). The molecule has 1 atom stereocenters. The highest BCUT2D eigenvalue weighted by atomic mass is 32.1. The Kier molecular flexibility index (Phi) is 5.51. The number of aryl methyl sites for hydroxylation is 1. The van der Waals surface area contributed by atoms with Crippen LogP contribution in [0.4, 0.5) is 5.13 Å². The summed E-state index contributed by atoms with van der Waals surface area (Å²) in [5, 5.41) is 3.56. The second kappa shape index (κ2) is 7.81. The molecule has 0 saturated carbocycles. The topological polar surface area (TPSA) is 65.5 Å². The van der Waals surface area contributed by atoms with Crippen LogP contribution in [-0.2, 0) is 9.59 Å². The lowest BCUT2D eigenvalue weighted by Crippen LogP contribution is -2.57. The van der Waals surface area contributed by atoms with Gasteiger partial charge in [0.25, 0.3) is 5.91 Å². The van der Waals surface area contributed by atoms with Crippen LogP contribution in [0.3, 0.4) is 0 Å². The van der Waals surface area contributed by atoms with Crippen molar-refractivity contribution in [3.8, 4) is 12.5 Å². The van der Waals surface area contributed by atoms with Crippen molar-refractivity contribution in [2.24, 2.45) is 5.92 Å². The highest BCUT2D eigenvalue weighted by Crippen LogP contribution is 2.27. The van der Waals surface area contributed by atoms with E-state index in [-0.39, 0.29) is 24.3 Å². The number of carbonyl (C=O) groups is 2. The summed E-state index contributed by atoms with van der Waals surface area (Å²) in [5.74, 6) is 0.164. The number of nitrogens with one attached hydrogen (secondary N) is 1. The third-order valence-corrected chi connectivity index (χ3v) is 5.61. The molecule has 0 aromatic carbocycles. The zero-order valence-electron chi connectivity index (χ0n) is 14.3. The summed E-state index contributed by atoms with van der Waals surface area (Å²) in [4.78, 5) is 32.9. The van der Waals surface area contributed by atoms with E-state index in [4.69, 9.17) is 6.42 Å². The third-order valence-electron chi connectivity index (χ3n) is 4.72. The van der Waals surface area contributed by atoms with Crippen molar-refractivity contribution in [3.63, 3.8) is 0 Å². The summed E-state index contributed by atoms with van der Waals surface area (Å²) >= 11 is 1.35. The number of terminal acetylenes is 1. The van der Waals surface area contributed by atoms with E-state index in [1.165, 1.54) is 17.4 Å². The molecule has 6 nitrogen and oxygen atoms in total. The normalized spacial score (nSPS) is 24.9. The number of carbonyl (C=O) groups excluding carboxylic acids is 2. The van der Waals surface area contributed by atoms with Gasteiger partial charge in [0.05, 0.1) is 0 Å². The number of nitrogens with zero attached hydrogens (tertiary/aromatic N) is 3. The Labute approximate surface area is 151 Å². The molecule has 3 aliphatic rings. The first-order chi connectivity index (χ1) is 12.1. The fourth-order valence-electron chi connectivity index (χ4n) is 3.39. The maximum atomic E-state index is 12.2. The van der Waals surface area contributed by atoms with Crippen molar-refractivity contribution in [1.82, 2.24) is 15.2 Å². The van der Waals surface area contributed by atoms with Crippen LogP contribution in [0, 0.1) is 25.3 Å². The molecule has 1 N–H and O–H groups in total. The number of piperidine rings is 3. The van der Waals surface area contributed by atoms with E-state index in [1.807, 2.05) is 6.92 Å². The Morgan fingerprint density at radius 2 is 2.28 bits per heavy atom. The minimum atomic E-state index is -0.368. The molecule has 0 aliphatic carbocycles. The molecule has 3 aliphatic heterocycles. The van der Waals surface area contributed by atoms with Crippen LogP contribution in [0.2, 0.25) is 0 Å². The van der Waals surface area contributed by atoms with Crippen LogP contribution < -0.4 is 10.2 Å². The number of rotatable bonds is 5. The van der Waals surface area contributed by atoms with Crippen LogP contribution in [0.5, 0.6) is 0 Å². The summed E-state index contributed by atoms with van der Waals surface area (Å²) in [5.41, 5.74) is 0. The number of anilines is 1. The van der Waals surface area contributed by atoms with Gasteiger partial charge >= 0.3 is 0 Å². The van der Waals surface area contributed by atoms with Gasteiger partial charge in [-0.15, -0.1) is 11.3 Å². The Hall–Kier alpha value is -2.17. The third kappa shape index (κ3) is 4.27. The van der Waals surface area contributed by atoms with Gasteiger partial charge in [-0.25, -0.2) is 9.88 Å². The average molecular weight is 358 g/mol. The van der Waals surface area contributed by atoms with E-state index in [2.05, 4.69) is 21.2 Å². The first-order valence-corrected chi connectivity index (χ1v) is 9.29. The molecule has 2 bridgehead atoms. The lowest BCUT2D eigenvalue weighted by Gasteiger charge is -2.44. The lowest BCUT2D eigenvalue weighted by molar-refractivity contribution is -0.122. The summed E-state index contributed by atoms with van der Waals surface area (Å²) in [6.45, 7) is 5.12. The Morgan fingerprint density at radius 1 is 1.52 bits per heavy atom. The van der Waals surface area contributed by atoms with E-state index in [0.717, 1.165) is 42.3 Å². The Balaban J connectivity index is 1.49. The van der Waals surface area contributed by atoms with Gasteiger partial charge in [-0.3, -0.25) is 9.59 Å². The van der Waals surface area contributed by atoms with Gasteiger partial charge in [-0.1, -0.05) is 12.5 Å². The maximum absolute atomic E-state index is 12.2. The molecule has 132 valence electrons. The lowest BCUT2D eigenvalue weighted by atomic mass is 9.84. The van der Waals surface area contributed by atoms with Crippen LogP contribution in [-0.4, -0.2) is 47.4 Å². The second-order valence-electron chi connectivity index (χ2n) is 6.47. The predicted octanol–water partition coefficient (Wildman–Crippen LogP) is 1.53. The van der Waals surface area contributed by atoms with E-state index >= 15 is 0 Å². The fraction of sp³-hybridized carbons (Fsp3) is 0.500. The minimum Gasteiger partial charge on any atom is -0.352 e. The van der Waals surface area contributed by atoms with Crippen LogP contribution in [0.15, 0.2) is 18.3 Å². The molecule has 1 aromatic rings. The molecule has 0 unspecified atom stereocenters. The highest BCUT2D eigenvalue weighted by molar-refractivity contribution is 7.15. The molecule has 25 heavy (non-hydrogen) atoms. The van der Waals surface area contributed by atoms with E-state index < -0.39 is 0 Å². The van der Waals surface area contributed by atoms with Gasteiger partial charge in [0, 0.05) is 42.2 Å². The number of thiazole rings is 1. The van der Waals surface area contributed by atoms with Crippen LogP contribution in [0.25, 0.3) is 0 Å². The highest BCUT2D eigenvalue weighted by Gasteiger charge is 2.34. The van der Waals surface area contributed by atoms with Crippen molar-refractivity contribution < 1.29 is 9.59 Å². The van der Waals surface area contributed by atoms with Crippen molar-refractivity contribution in [2.45, 2.75) is 32.2 Å². The van der Waals surface area contributed by atoms with Gasteiger partial charge in [-0.2, -0.15) is 0 Å². The molecule has 3 fully saturated rings. The molecular weight excluding hydrogens is 336 g/mol.